The lowest BCUT2D eigenvalue weighted by Crippen LogP contribution is -2.20. The number of benzene rings is 1. The second-order valence-corrected chi connectivity index (χ2v) is 8.64. The minimum Gasteiger partial charge on any atom is -0.465 e. The van der Waals surface area contributed by atoms with Crippen LogP contribution >= 0.6 is 34.9 Å². The van der Waals surface area contributed by atoms with E-state index < -0.39 is 0 Å². The zero-order valence-electron chi connectivity index (χ0n) is 15.1. The second kappa shape index (κ2) is 7.30. The van der Waals surface area contributed by atoms with Crippen molar-refractivity contribution >= 4 is 66.3 Å². The predicted molar refractivity (Wildman–Crippen MR) is 114 cm³/mol. The lowest BCUT2D eigenvalue weighted by molar-refractivity contribution is 0.0601. The molecule has 0 amide bonds. The Morgan fingerprint density at radius 2 is 1.81 bits per heavy atom. The number of hydrogen-bond acceptors (Lipinski definition) is 6. The summed E-state index contributed by atoms with van der Waals surface area (Å²) in [6.07, 6.45) is 0. The minimum absolute atomic E-state index is 0.372. The molecule has 2 heterocycles. The summed E-state index contributed by atoms with van der Waals surface area (Å²) in [5.74, 6) is -0.372. The number of fused-ring (bicyclic) bond motifs is 1. The summed E-state index contributed by atoms with van der Waals surface area (Å²) in [5, 5.41) is 8.01. The van der Waals surface area contributed by atoms with Gasteiger partial charge in [-0.05, 0) is 68.7 Å². The van der Waals surface area contributed by atoms with Crippen molar-refractivity contribution < 1.29 is 9.53 Å². The van der Waals surface area contributed by atoms with Gasteiger partial charge in [-0.2, -0.15) is 0 Å². The Labute approximate surface area is 165 Å². The van der Waals surface area contributed by atoms with Crippen molar-refractivity contribution in [3.63, 3.8) is 0 Å². The van der Waals surface area contributed by atoms with E-state index in [-0.39, 0.29) is 5.97 Å². The molecule has 3 aromatic rings. The van der Waals surface area contributed by atoms with Crippen molar-refractivity contribution in [2.45, 2.75) is 27.7 Å². The molecule has 0 saturated carbocycles. The average molecular weight is 406 g/mol. The highest BCUT2D eigenvalue weighted by Crippen LogP contribution is 2.33. The number of carbonyl (C=O) groups is 1. The summed E-state index contributed by atoms with van der Waals surface area (Å²) in [4.78, 5) is 17.7. The highest BCUT2D eigenvalue weighted by molar-refractivity contribution is 7.80. The molecule has 3 rings (SSSR count). The van der Waals surface area contributed by atoms with Gasteiger partial charge < -0.3 is 15.4 Å². The first-order chi connectivity index (χ1) is 12.3. The Bertz CT molecular complexity index is 982. The Morgan fingerprint density at radius 3 is 2.50 bits per heavy atom. The fraction of sp³-hybridized carbons (Fsp3) is 0.278. The first-order valence-corrected chi connectivity index (χ1v) is 9.98. The van der Waals surface area contributed by atoms with Crippen LogP contribution in [0.2, 0.25) is 0 Å². The lowest BCUT2D eigenvalue weighted by atomic mass is 10.1. The molecule has 0 radical (unpaired) electrons. The Hall–Kier alpha value is -2.03. The van der Waals surface area contributed by atoms with E-state index >= 15 is 0 Å². The number of thiazole rings is 1. The first-order valence-electron chi connectivity index (χ1n) is 7.94. The van der Waals surface area contributed by atoms with Gasteiger partial charge in [0.25, 0.3) is 0 Å². The van der Waals surface area contributed by atoms with Gasteiger partial charge in [-0.1, -0.05) is 11.3 Å². The number of rotatable bonds is 3. The maximum absolute atomic E-state index is 12.1. The van der Waals surface area contributed by atoms with E-state index in [2.05, 4.69) is 41.6 Å². The first kappa shape index (κ1) is 18.8. The van der Waals surface area contributed by atoms with Gasteiger partial charge in [0, 0.05) is 4.88 Å². The van der Waals surface area contributed by atoms with E-state index in [1.165, 1.54) is 29.6 Å². The molecule has 2 N–H and O–H groups in total. The van der Waals surface area contributed by atoms with Crippen molar-refractivity contribution in [1.82, 2.24) is 4.98 Å². The molecule has 0 aliphatic heterocycles. The summed E-state index contributed by atoms with van der Waals surface area (Å²) in [5.41, 5.74) is 4.82. The number of carbonyl (C=O) groups excluding carboxylic acids is 1. The van der Waals surface area contributed by atoms with Crippen LogP contribution in [0.5, 0.6) is 0 Å². The third-order valence-corrected chi connectivity index (χ3v) is 6.49. The van der Waals surface area contributed by atoms with Crippen LogP contribution in [0.4, 0.5) is 10.1 Å². The molecule has 0 fully saturated rings. The summed E-state index contributed by atoms with van der Waals surface area (Å²) >= 11 is 8.43. The topological polar surface area (TPSA) is 63.2 Å². The third kappa shape index (κ3) is 3.58. The van der Waals surface area contributed by atoms with Gasteiger partial charge >= 0.3 is 5.97 Å². The van der Waals surface area contributed by atoms with Crippen LogP contribution in [0.3, 0.4) is 0 Å². The van der Waals surface area contributed by atoms with Crippen molar-refractivity contribution in [3.8, 4) is 0 Å². The molecule has 2 aromatic heterocycles. The summed E-state index contributed by atoms with van der Waals surface area (Å²) in [7, 11) is 1.38. The number of hydrogen-bond donors (Lipinski definition) is 2. The number of aryl methyl sites for hydroxylation is 3. The van der Waals surface area contributed by atoms with E-state index in [0.29, 0.717) is 20.8 Å². The highest BCUT2D eigenvalue weighted by Gasteiger charge is 2.21. The van der Waals surface area contributed by atoms with Gasteiger partial charge in [0.05, 0.1) is 22.9 Å². The van der Waals surface area contributed by atoms with Crippen LogP contribution < -0.4 is 10.6 Å². The zero-order chi connectivity index (χ0) is 19.0. The molecule has 0 spiro atoms. The van der Waals surface area contributed by atoms with Gasteiger partial charge in [0.15, 0.2) is 10.2 Å². The monoisotopic (exact) mass is 405 g/mol. The summed E-state index contributed by atoms with van der Waals surface area (Å²) < 4.78 is 5.99. The number of nitrogens with one attached hydrogen (secondary N) is 2. The fourth-order valence-electron chi connectivity index (χ4n) is 2.53. The maximum Gasteiger partial charge on any atom is 0.341 e. The van der Waals surface area contributed by atoms with Crippen molar-refractivity contribution in [2.24, 2.45) is 0 Å². The van der Waals surface area contributed by atoms with Gasteiger partial charge in [-0.15, -0.1) is 11.3 Å². The fourth-order valence-corrected chi connectivity index (χ4v) is 4.86. The number of thiophene rings is 1. The molecule has 26 heavy (non-hydrogen) atoms. The van der Waals surface area contributed by atoms with Gasteiger partial charge in [0.2, 0.25) is 0 Å². The molecule has 8 heteroatoms. The smallest absolute Gasteiger partial charge is 0.341 e. The number of thiocarbonyl (C=S) groups is 1. The number of nitrogens with zero attached hydrogens (tertiary/aromatic N) is 1. The maximum atomic E-state index is 12.1. The Balaban J connectivity index is 1.82. The standard InChI is InChI=1S/C18H19N3O2S3/c1-8-6-12-13(7-9(8)2)26-18(19-12)21-17(24)20-15-14(16(22)23-5)10(3)11(4)25-15/h6-7H,1-5H3,(H2,19,20,21,24). The molecule has 0 saturated heterocycles. The molecule has 0 bridgehead atoms. The molecule has 0 unspecified atom stereocenters. The Morgan fingerprint density at radius 1 is 1.12 bits per heavy atom. The number of anilines is 2. The average Bonchev–Trinajstić information content (AvgIpc) is 3.07. The van der Waals surface area contributed by atoms with Gasteiger partial charge in [0.1, 0.15) is 5.00 Å². The molecule has 5 nitrogen and oxygen atoms in total. The van der Waals surface area contributed by atoms with E-state index in [1.807, 2.05) is 13.8 Å². The summed E-state index contributed by atoms with van der Waals surface area (Å²) in [6, 6.07) is 4.20. The van der Waals surface area contributed by atoms with E-state index in [9.17, 15) is 4.79 Å². The van der Waals surface area contributed by atoms with Crippen molar-refractivity contribution in [1.29, 1.82) is 0 Å². The number of methoxy groups -OCH3 is 1. The SMILES string of the molecule is COC(=O)c1c(NC(=S)Nc2nc3cc(C)c(C)cc3s2)sc(C)c1C. The lowest BCUT2D eigenvalue weighted by Gasteiger charge is -2.08. The quantitative estimate of drug-likeness (QED) is 0.462. The normalized spacial score (nSPS) is 10.8. The van der Waals surface area contributed by atoms with E-state index in [1.54, 1.807) is 11.3 Å². The number of ether oxygens (including phenoxy) is 1. The summed E-state index contributed by atoms with van der Waals surface area (Å²) in [6.45, 7) is 8.02. The Kier molecular flexibility index (Phi) is 5.27. The molecule has 0 aliphatic carbocycles. The van der Waals surface area contributed by atoms with Gasteiger partial charge in [-0.25, -0.2) is 9.78 Å². The highest BCUT2D eigenvalue weighted by atomic mass is 32.1. The molecule has 0 atom stereocenters. The van der Waals surface area contributed by atoms with Crippen LogP contribution in [0.15, 0.2) is 12.1 Å². The molecular weight excluding hydrogens is 386 g/mol. The van der Waals surface area contributed by atoms with Crippen LogP contribution in [0.25, 0.3) is 10.2 Å². The van der Waals surface area contributed by atoms with Crippen LogP contribution in [-0.2, 0) is 4.74 Å². The van der Waals surface area contributed by atoms with Crippen LogP contribution in [0, 0.1) is 27.7 Å². The molecule has 136 valence electrons. The zero-order valence-corrected chi connectivity index (χ0v) is 17.6. The van der Waals surface area contributed by atoms with Crippen LogP contribution in [0.1, 0.15) is 31.9 Å². The largest absolute Gasteiger partial charge is 0.465 e. The second-order valence-electron chi connectivity index (χ2n) is 5.98. The molecular formula is C18H19N3O2S3. The number of aromatic nitrogens is 1. The van der Waals surface area contributed by atoms with Gasteiger partial charge in [-0.3, -0.25) is 0 Å². The van der Waals surface area contributed by atoms with Crippen molar-refractivity contribution in [2.75, 3.05) is 17.7 Å². The van der Waals surface area contributed by atoms with E-state index in [0.717, 1.165) is 20.7 Å². The molecule has 0 aliphatic rings. The molecule has 1 aromatic carbocycles. The third-order valence-electron chi connectivity index (χ3n) is 4.23. The number of esters is 1. The van der Waals surface area contributed by atoms with Crippen LogP contribution in [-0.4, -0.2) is 23.2 Å². The van der Waals surface area contributed by atoms with E-state index in [4.69, 9.17) is 17.0 Å². The minimum atomic E-state index is -0.372. The predicted octanol–water partition coefficient (Wildman–Crippen LogP) is 5.19. The van der Waals surface area contributed by atoms with Crippen molar-refractivity contribution in [3.05, 3.63) is 39.3 Å².